The van der Waals surface area contributed by atoms with Crippen LogP contribution in [-0.2, 0) is 9.53 Å². The number of amides is 3. The van der Waals surface area contributed by atoms with E-state index in [0.717, 1.165) is 0 Å². The molecule has 0 radical (unpaired) electrons. The summed E-state index contributed by atoms with van der Waals surface area (Å²) in [7, 11) is 1.51. The van der Waals surface area contributed by atoms with Crippen LogP contribution in [0, 0.1) is 0 Å². The minimum absolute atomic E-state index is 0.251. The van der Waals surface area contributed by atoms with Gasteiger partial charge in [0.2, 0.25) is 0 Å². The fraction of sp³-hybridized carbons (Fsp3) is 0.438. The predicted molar refractivity (Wildman–Crippen MR) is 92.0 cm³/mol. The molecule has 1 rings (SSSR count). The van der Waals surface area contributed by atoms with Gasteiger partial charge >= 0.3 is 12.0 Å². The number of carbonyl (C=O) groups excluding carboxylic acids is 3. The summed E-state index contributed by atoms with van der Waals surface area (Å²) in [5.74, 6) is -0.828. The fourth-order valence-electron chi connectivity index (χ4n) is 1.66. The van der Waals surface area contributed by atoms with Crippen LogP contribution < -0.4 is 15.4 Å². The van der Waals surface area contributed by atoms with E-state index in [-0.39, 0.29) is 5.56 Å². The van der Waals surface area contributed by atoms with Crippen LogP contribution in [0.2, 0.25) is 0 Å². The van der Waals surface area contributed by atoms with Crippen molar-refractivity contribution < 1.29 is 23.9 Å². The number of urea groups is 1. The highest BCUT2D eigenvalue weighted by atomic mass is 79.9. The van der Waals surface area contributed by atoms with Crippen molar-refractivity contribution in [3.8, 4) is 5.75 Å². The van der Waals surface area contributed by atoms with Crippen molar-refractivity contribution in [1.29, 1.82) is 0 Å². The highest BCUT2D eigenvalue weighted by molar-refractivity contribution is 9.10. The van der Waals surface area contributed by atoms with Gasteiger partial charge < -0.3 is 14.8 Å². The van der Waals surface area contributed by atoms with E-state index in [1.165, 1.54) is 26.2 Å². The van der Waals surface area contributed by atoms with Crippen molar-refractivity contribution in [2.24, 2.45) is 0 Å². The Balaban J connectivity index is 2.64. The lowest BCUT2D eigenvalue weighted by Gasteiger charge is -2.21. The first-order chi connectivity index (χ1) is 11.0. The molecule has 1 aromatic carbocycles. The molecule has 0 unspecified atom stereocenters. The zero-order chi connectivity index (χ0) is 18.5. The van der Waals surface area contributed by atoms with Crippen molar-refractivity contribution in [2.45, 2.75) is 39.3 Å². The average Bonchev–Trinajstić information content (AvgIpc) is 2.44. The van der Waals surface area contributed by atoms with E-state index in [0.29, 0.717) is 10.2 Å². The molecule has 0 bridgehead atoms. The molecule has 0 saturated heterocycles. The van der Waals surface area contributed by atoms with Gasteiger partial charge in [-0.2, -0.15) is 0 Å². The first kappa shape index (κ1) is 20.0. The van der Waals surface area contributed by atoms with Crippen molar-refractivity contribution >= 4 is 33.8 Å². The molecule has 0 aromatic heterocycles. The number of halogens is 1. The molecule has 24 heavy (non-hydrogen) atoms. The summed E-state index contributed by atoms with van der Waals surface area (Å²) >= 11 is 3.27. The number of rotatable bonds is 4. The van der Waals surface area contributed by atoms with Gasteiger partial charge in [-0.1, -0.05) is 0 Å². The highest BCUT2D eigenvalue weighted by Gasteiger charge is 2.23. The average molecular weight is 401 g/mol. The minimum Gasteiger partial charge on any atom is -0.496 e. The summed E-state index contributed by atoms with van der Waals surface area (Å²) in [4.78, 5) is 35.6. The molecule has 0 heterocycles. The maximum atomic E-state index is 12.1. The second kappa shape index (κ2) is 8.14. The van der Waals surface area contributed by atoms with E-state index >= 15 is 0 Å². The van der Waals surface area contributed by atoms with Crippen LogP contribution in [0.3, 0.4) is 0 Å². The lowest BCUT2D eigenvalue weighted by atomic mass is 10.1. The summed E-state index contributed by atoms with van der Waals surface area (Å²) in [5.41, 5.74) is -0.235. The highest BCUT2D eigenvalue weighted by Crippen LogP contribution is 2.25. The lowest BCUT2D eigenvalue weighted by molar-refractivity contribution is -0.127. The van der Waals surface area contributed by atoms with Crippen LogP contribution in [-0.4, -0.2) is 36.7 Å². The number of hydrogen-bond donors (Lipinski definition) is 2. The monoisotopic (exact) mass is 400 g/mol. The SMILES string of the molecule is COc1ccc(C(=O)O[C@H](C)C(=O)NC(=O)NC(C)(C)C)cc1Br. The number of nitrogens with one attached hydrogen (secondary N) is 2. The van der Waals surface area contributed by atoms with Gasteiger partial charge in [0.05, 0.1) is 17.1 Å². The van der Waals surface area contributed by atoms with Crippen LogP contribution in [0.25, 0.3) is 0 Å². The van der Waals surface area contributed by atoms with E-state index in [4.69, 9.17) is 9.47 Å². The Morgan fingerprint density at radius 2 is 1.83 bits per heavy atom. The summed E-state index contributed by atoms with van der Waals surface area (Å²) in [6.45, 7) is 6.72. The van der Waals surface area contributed by atoms with Gasteiger partial charge in [0, 0.05) is 5.54 Å². The number of carbonyl (C=O) groups is 3. The van der Waals surface area contributed by atoms with E-state index in [2.05, 4.69) is 26.6 Å². The van der Waals surface area contributed by atoms with Crippen LogP contribution >= 0.6 is 15.9 Å². The number of methoxy groups -OCH3 is 1. The van der Waals surface area contributed by atoms with Crippen LogP contribution in [0.5, 0.6) is 5.75 Å². The minimum atomic E-state index is -1.12. The van der Waals surface area contributed by atoms with E-state index in [1.807, 2.05) is 0 Å². The molecular formula is C16H21BrN2O5. The fourth-order valence-corrected chi connectivity index (χ4v) is 2.20. The normalized spacial score (nSPS) is 12.1. The van der Waals surface area contributed by atoms with Crippen LogP contribution in [0.4, 0.5) is 4.79 Å². The van der Waals surface area contributed by atoms with Gasteiger partial charge in [-0.3, -0.25) is 10.1 Å². The molecular weight excluding hydrogens is 380 g/mol. The van der Waals surface area contributed by atoms with Gasteiger partial charge in [0.15, 0.2) is 6.10 Å². The van der Waals surface area contributed by atoms with Gasteiger partial charge in [-0.15, -0.1) is 0 Å². The third-order valence-corrected chi connectivity index (χ3v) is 3.39. The van der Waals surface area contributed by atoms with Gasteiger partial charge in [-0.05, 0) is 61.8 Å². The Hall–Kier alpha value is -2.09. The molecule has 7 nitrogen and oxygen atoms in total. The lowest BCUT2D eigenvalue weighted by Crippen LogP contribution is -2.50. The van der Waals surface area contributed by atoms with Crippen LogP contribution in [0.15, 0.2) is 22.7 Å². The molecule has 1 atom stereocenters. The summed E-state index contributed by atoms with van der Waals surface area (Å²) in [6, 6.07) is 3.99. The third kappa shape index (κ3) is 6.19. The van der Waals surface area contributed by atoms with Gasteiger partial charge in [0.1, 0.15) is 5.75 Å². The Kier molecular flexibility index (Phi) is 6.77. The first-order valence-electron chi connectivity index (χ1n) is 7.21. The Labute approximate surface area is 149 Å². The maximum absolute atomic E-state index is 12.1. The molecule has 3 amide bonds. The molecule has 1 aromatic rings. The Morgan fingerprint density at radius 1 is 1.21 bits per heavy atom. The molecule has 2 N–H and O–H groups in total. The molecule has 0 aliphatic rings. The largest absolute Gasteiger partial charge is 0.496 e. The molecule has 8 heteroatoms. The number of benzene rings is 1. The predicted octanol–water partition coefficient (Wildman–Crippen LogP) is 2.63. The number of hydrogen-bond acceptors (Lipinski definition) is 5. The second-order valence-corrected chi connectivity index (χ2v) is 6.94. The third-order valence-electron chi connectivity index (χ3n) is 2.77. The second-order valence-electron chi connectivity index (χ2n) is 6.09. The van der Waals surface area contributed by atoms with Crippen molar-refractivity contribution in [2.75, 3.05) is 7.11 Å². The number of esters is 1. The topological polar surface area (TPSA) is 93.7 Å². The molecule has 132 valence electrons. The van der Waals surface area contributed by atoms with Crippen molar-refractivity contribution in [3.05, 3.63) is 28.2 Å². The summed E-state index contributed by atoms with van der Waals surface area (Å²) in [5, 5.41) is 4.71. The standard InChI is InChI=1S/C16H21BrN2O5/c1-9(13(20)18-15(22)19-16(2,3)4)24-14(21)10-6-7-12(23-5)11(17)8-10/h6-9H,1-5H3,(H2,18,19,20,22)/t9-/m1/s1. The molecule has 0 aliphatic carbocycles. The maximum Gasteiger partial charge on any atom is 0.338 e. The van der Waals surface area contributed by atoms with Gasteiger partial charge in [0.25, 0.3) is 5.91 Å². The van der Waals surface area contributed by atoms with Crippen molar-refractivity contribution in [1.82, 2.24) is 10.6 Å². The molecule has 0 saturated carbocycles. The number of imide groups is 1. The Morgan fingerprint density at radius 3 is 2.33 bits per heavy atom. The summed E-state index contributed by atoms with van der Waals surface area (Å²) in [6.07, 6.45) is -1.12. The summed E-state index contributed by atoms with van der Waals surface area (Å²) < 4.78 is 10.7. The molecule has 0 spiro atoms. The quantitative estimate of drug-likeness (QED) is 0.757. The molecule has 0 aliphatic heterocycles. The van der Waals surface area contributed by atoms with E-state index in [9.17, 15) is 14.4 Å². The molecule has 0 fully saturated rings. The van der Waals surface area contributed by atoms with E-state index < -0.39 is 29.6 Å². The van der Waals surface area contributed by atoms with E-state index in [1.54, 1.807) is 26.8 Å². The zero-order valence-electron chi connectivity index (χ0n) is 14.2. The zero-order valence-corrected chi connectivity index (χ0v) is 15.8. The Bertz CT molecular complexity index is 640. The van der Waals surface area contributed by atoms with Crippen LogP contribution in [0.1, 0.15) is 38.1 Å². The number of ether oxygens (including phenoxy) is 2. The first-order valence-corrected chi connectivity index (χ1v) is 8.00. The van der Waals surface area contributed by atoms with Crippen molar-refractivity contribution in [3.63, 3.8) is 0 Å². The van der Waals surface area contributed by atoms with Gasteiger partial charge in [-0.25, -0.2) is 9.59 Å². The smallest absolute Gasteiger partial charge is 0.338 e.